The number of aromatic nitrogens is 1. The van der Waals surface area contributed by atoms with Crippen molar-refractivity contribution in [3.63, 3.8) is 0 Å². The zero-order chi connectivity index (χ0) is 12.4. The van der Waals surface area contributed by atoms with Crippen LogP contribution in [0, 0.1) is 5.82 Å². The third kappa shape index (κ3) is 2.08. The zero-order valence-corrected chi connectivity index (χ0v) is 10.1. The van der Waals surface area contributed by atoms with Crippen molar-refractivity contribution in [1.82, 2.24) is 4.98 Å². The van der Waals surface area contributed by atoms with Crippen LogP contribution in [-0.4, -0.2) is 18.1 Å². The van der Waals surface area contributed by atoms with E-state index in [1.165, 1.54) is 5.69 Å². The van der Waals surface area contributed by atoms with E-state index in [1.807, 2.05) is 24.3 Å². The Morgan fingerprint density at radius 1 is 1.11 bits per heavy atom. The number of pyridine rings is 1. The molecule has 0 spiro atoms. The van der Waals surface area contributed by atoms with Crippen LogP contribution in [0.25, 0.3) is 0 Å². The third-order valence-corrected chi connectivity index (χ3v) is 3.56. The molecule has 2 aromatic rings. The van der Waals surface area contributed by atoms with Gasteiger partial charge in [0.25, 0.3) is 0 Å². The highest BCUT2D eigenvalue weighted by Gasteiger charge is 2.25. The highest BCUT2D eigenvalue weighted by molar-refractivity contribution is 5.46. The first-order valence-electron chi connectivity index (χ1n) is 6.24. The van der Waals surface area contributed by atoms with Gasteiger partial charge in [-0.05, 0) is 30.2 Å². The van der Waals surface area contributed by atoms with Gasteiger partial charge in [0.1, 0.15) is 5.82 Å². The summed E-state index contributed by atoms with van der Waals surface area (Å²) in [5.74, 6) is 0.207. The second-order valence-electron chi connectivity index (χ2n) is 4.66. The molecule has 1 aromatic carbocycles. The fraction of sp³-hybridized carbons (Fsp3) is 0.267. The van der Waals surface area contributed by atoms with Crippen LogP contribution < -0.4 is 4.90 Å². The molecular weight excluding hydrogens is 227 g/mol. The largest absolute Gasteiger partial charge is 0.371 e. The normalized spacial score (nSPS) is 19.2. The second-order valence-corrected chi connectivity index (χ2v) is 4.66. The quantitative estimate of drug-likeness (QED) is 0.804. The molecule has 2 nitrogen and oxygen atoms in total. The summed E-state index contributed by atoms with van der Waals surface area (Å²) in [4.78, 5) is 6.31. The first-order valence-corrected chi connectivity index (χ1v) is 6.24. The van der Waals surface area contributed by atoms with Gasteiger partial charge in [-0.3, -0.25) is 4.98 Å². The van der Waals surface area contributed by atoms with Crippen LogP contribution in [0.3, 0.4) is 0 Å². The molecule has 0 aliphatic carbocycles. The molecule has 1 fully saturated rings. The number of rotatable bonds is 2. The van der Waals surface area contributed by atoms with E-state index >= 15 is 0 Å². The lowest BCUT2D eigenvalue weighted by atomic mass is 9.98. The molecule has 0 saturated carbocycles. The van der Waals surface area contributed by atoms with Crippen LogP contribution in [0.15, 0.2) is 48.8 Å². The summed E-state index contributed by atoms with van der Waals surface area (Å²) in [6, 6.07) is 11.1. The van der Waals surface area contributed by atoms with Crippen molar-refractivity contribution < 1.29 is 4.39 Å². The zero-order valence-electron chi connectivity index (χ0n) is 10.1. The van der Waals surface area contributed by atoms with Crippen molar-refractivity contribution in [1.29, 1.82) is 0 Å². The molecule has 2 heterocycles. The Labute approximate surface area is 106 Å². The number of benzene rings is 1. The summed E-state index contributed by atoms with van der Waals surface area (Å²) >= 11 is 0. The number of nitrogens with zero attached hydrogens (tertiary/aromatic N) is 2. The Kier molecular flexibility index (Phi) is 2.97. The van der Waals surface area contributed by atoms with Gasteiger partial charge in [0.15, 0.2) is 0 Å². The smallest absolute Gasteiger partial charge is 0.126 e. The lowest BCUT2D eigenvalue weighted by Gasteiger charge is -2.18. The minimum absolute atomic E-state index is 0.0842. The minimum atomic E-state index is -0.0842. The summed E-state index contributed by atoms with van der Waals surface area (Å²) in [5, 5.41) is 0. The van der Waals surface area contributed by atoms with Crippen molar-refractivity contribution in [3.8, 4) is 0 Å². The molecule has 1 saturated heterocycles. The van der Waals surface area contributed by atoms with E-state index in [1.54, 1.807) is 24.5 Å². The Morgan fingerprint density at radius 3 is 2.67 bits per heavy atom. The van der Waals surface area contributed by atoms with Crippen molar-refractivity contribution in [2.24, 2.45) is 0 Å². The van der Waals surface area contributed by atoms with E-state index < -0.39 is 0 Å². The molecule has 1 aromatic heterocycles. The fourth-order valence-corrected chi connectivity index (χ4v) is 2.61. The molecule has 3 heteroatoms. The van der Waals surface area contributed by atoms with Crippen LogP contribution in [0.4, 0.5) is 10.1 Å². The summed E-state index contributed by atoms with van der Waals surface area (Å²) in [6.07, 6.45) is 4.60. The summed E-state index contributed by atoms with van der Waals surface area (Å²) in [7, 11) is 0. The molecular formula is C15H15FN2. The van der Waals surface area contributed by atoms with Gasteiger partial charge in [0, 0.05) is 37.1 Å². The van der Waals surface area contributed by atoms with Gasteiger partial charge in [0.05, 0.1) is 0 Å². The van der Waals surface area contributed by atoms with Crippen molar-refractivity contribution in [3.05, 3.63) is 60.2 Å². The number of hydrogen-bond donors (Lipinski definition) is 0. The minimum Gasteiger partial charge on any atom is -0.371 e. The highest BCUT2D eigenvalue weighted by atomic mass is 19.1. The number of halogens is 1. The fourth-order valence-electron chi connectivity index (χ4n) is 2.61. The summed E-state index contributed by atoms with van der Waals surface area (Å²) in [6.45, 7) is 1.86. The van der Waals surface area contributed by atoms with Gasteiger partial charge < -0.3 is 4.90 Å². The maximum absolute atomic E-state index is 13.7. The highest BCUT2D eigenvalue weighted by Crippen LogP contribution is 2.31. The van der Waals surface area contributed by atoms with Crippen molar-refractivity contribution in [2.75, 3.05) is 18.0 Å². The van der Waals surface area contributed by atoms with Gasteiger partial charge in [0.2, 0.25) is 0 Å². The Hall–Kier alpha value is -1.90. The Bertz CT molecular complexity index is 527. The molecule has 92 valence electrons. The van der Waals surface area contributed by atoms with Gasteiger partial charge in [-0.25, -0.2) is 4.39 Å². The lowest BCUT2D eigenvalue weighted by molar-refractivity contribution is 0.589. The molecule has 3 rings (SSSR count). The molecule has 0 bridgehead atoms. The second kappa shape index (κ2) is 4.77. The van der Waals surface area contributed by atoms with Crippen LogP contribution in [0.1, 0.15) is 17.9 Å². The SMILES string of the molecule is Fc1ccccc1[C@H]1CCN(c2ccncc2)C1. The molecule has 0 amide bonds. The molecule has 0 N–H and O–H groups in total. The van der Waals surface area contributed by atoms with E-state index in [-0.39, 0.29) is 5.82 Å². The maximum atomic E-state index is 13.7. The monoisotopic (exact) mass is 242 g/mol. The topological polar surface area (TPSA) is 16.1 Å². The van der Waals surface area contributed by atoms with Crippen LogP contribution >= 0.6 is 0 Å². The van der Waals surface area contributed by atoms with E-state index in [0.717, 1.165) is 25.1 Å². The standard InChI is InChI=1S/C15H15FN2/c16-15-4-2-1-3-14(15)12-7-10-18(11-12)13-5-8-17-9-6-13/h1-6,8-9,12H,7,10-11H2/t12-/m0/s1. The van der Waals surface area contributed by atoms with Gasteiger partial charge in [-0.15, -0.1) is 0 Å². The first kappa shape index (κ1) is 11.2. The predicted octanol–water partition coefficient (Wildman–Crippen LogP) is 3.21. The molecule has 1 aliphatic rings. The number of anilines is 1. The summed E-state index contributed by atoms with van der Waals surface area (Å²) in [5.41, 5.74) is 2.01. The van der Waals surface area contributed by atoms with E-state index in [2.05, 4.69) is 9.88 Å². The molecule has 1 atom stereocenters. The van der Waals surface area contributed by atoms with E-state index in [4.69, 9.17) is 0 Å². The summed E-state index contributed by atoms with van der Waals surface area (Å²) < 4.78 is 13.7. The third-order valence-electron chi connectivity index (χ3n) is 3.56. The van der Waals surface area contributed by atoms with Crippen molar-refractivity contribution in [2.45, 2.75) is 12.3 Å². The van der Waals surface area contributed by atoms with Crippen LogP contribution in [-0.2, 0) is 0 Å². The lowest BCUT2D eigenvalue weighted by Crippen LogP contribution is -2.19. The average Bonchev–Trinajstić information content (AvgIpc) is 2.90. The van der Waals surface area contributed by atoms with Gasteiger partial charge in [-0.1, -0.05) is 18.2 Å². The maximum Gasteiger partial charge on any atom is 0.126 e. The number of hydrogen-bond acceptors (Lipinski definition) is 2. The van der Waals surface area contributed by atoms with E-state index in [0.29, 0.717) is 5.92 Å². The Morgan fingerprint density at radius 2 is 1.89 bits per heavy atom. The Balaban J connectivity index is 1.78. The first-order chi connectivity index (χ1) is 8.84. The van der Waals surface area contributed by atoms with Crippen molar-refractivity contribution >= 4 is 5.69 Å². The van der Waals surface area contributed by atoms with Crippen LogP contribution in [0.2, 0.25) is 0 Å². The van der Waals surface area contributed by atoms with Gasteiger partial charge >= 0.3 is 0 Å². The predicted molar refractivity (Wildman–Crippen MR) is 70.2 cm³/mol. The van der Waals surface area contributed by atoms with E-state index in [9.17, 15) is 4.39 Å². The average molecular weight is 242 g/mol. The van der Waals surface area contributed by atoms with Gasteiger partial charge in [-0.2, -0.15) is 0 Å². The molecule has 1 aliphatic heterocycles. The molecule has 0 radical (unpaired) electrons. The molecule has 0 unspecified atom stereocenters. The van der Waals surface area contributed by atoms with Crippen LogP contribution in [0.5, 0.6) is 0 Å². The molecule has 18 heavy (non-hydrogen) atoms.